The van der Waals surface area contributed by atoms with Gasteiger partial charge in [-0.3, -0.25) is 4.79 Å². The van der Waals surface area contributed by atoms with Crippen molar-refractivity contribution in [2.45, 2.75) is 39.2 Å². The van der Waals surface area contributed by atoms with Gasteiger partial charge in [0, 0.05) is 35.7 Å². The highest BCUT2D eigenvalue weighted by molar-refractivity contribution is 9.10. The maximum Gasteiger partial charge on any atom is 0.414 e. The number of benzene rings is 1. The number of rotatable bonds is 4. The highest BCUT2D eigenvalue weighted by atomic mass is 79.9. The van der Waals surface area contributed by atoms with Crippen molar-refractivity contribution in [1.82, 2.24) is 4.90 Å². The van der Waals surface area contributed by atoms with Gasteiger partial charge in [0.1, 0.15) is 0 Å². The molecule has 144 valence electrons. The average molecular weight is 429 g/mol. The number of carbonyl (C=O) groups excluding carboxylic acids is 1. The fourth-order valence-corrected chi connectivity index (χ4v) is 2.80. The third-order valence-electron chi connectivity index (χ3n) is 3.83. The Kier molecular flexibility index (Phi) is 9.12. The summed E-state index contributed by atoms with van der Waals surface area (Å²) in [5, 5.41) is 18.3. The minimum absolute atomic E-state index is 0.307. The van der Waals surface area contributed by atoms with Gasteiger partial charge in [0.05, 0.1) is 0 Å². The zero-order valence-electron chi connectivity index (χ0n) is 14.9. The number of carboxylic acid groups (broad SMARTS) is 2. The Hall–Kier alpha value is -2.09. The van der Waals surface area contributed by atoms with Crippen molar-refractivity contribution in [1.29, 1.82) is 0 Å². The van der Waals surface area contributed by atoms with Crippen LogP contribution >= 0.6 is 15.9 Å². The first kappa shape index (κ1) is 22.0. The topological polar surface area (TPSA) is 107 Å². The Balaban J connectivity index is 0.000000487. The van der Waals surface area contributed by atoms with Crippen molar-refractivity contribution in [3.63, 3.8) is 0 Å². The molecule has 8 heteroatoms. The van der Waals surface area contributed by atoms with Crippen molar-refractivity contribution in [3.8, 4) is 0 Å². The van der Waals surface area contributed by atoms with E-state index in [1.54, 1.807) is 0 Å². The summed E-state index contributed by atoms with van der Waals surface area (Å²) in [6.07, 6.45) is 2.73. The van der Waals surface area contributed by atoms with Crippen molar-refractivity contribution in [3.05, 3.63) is 28.7 Å². The quantitative estimate of drug-likeness (QED) is 0.636. The van der Waals surface area contributed by atoms with E-state index in [9.17, 15) is 4.79 Å². The van der Waals surface area contributed by atoms with Crippen LogP contribution in [-0.2, 0) is 14.4 Å². The second kappa shape index (κ2) is 10.8. The summed E-state index contributed by atoms with van der Waals surface area (Å²) in [6.45, 7) is 5.94. The molecular formula is C18H25BrN2O5. The molecule has 1 aliphatic rings. The van der Waals surface area contributed by atoms with Gasteiger partial charge in [-0.05, 0) is 43.0 Å². The Morgan fingerprint density at radius 1 is 1.12 bits per heavy atom. The third-order valence-corrected chi connectivity index (χ3v) is 4.36. The van der Waals surface area contributed by atoms with E-state index in [1.807, 2.05) is 17.0 Å². The number of amides is 1. The van der Waals surface area contributed by atoms with Gasteiger partial charge in [-0.1, -0.05) is 29.8 Å². The minimum Gasteiger partial charge on any atom is -0.473 e. The predicted molar refractivity (Wildman–Crippen MR) is 102 cm³/mol. The molecule has 7 nitrogen and oxygen atoms in total. The molecule has 2 rings (SSSR count). The van der Waals surface area contributed by atoms with Crippen LogP contribution in [0.2, 0.25) is 0 Å². The zero-order valence-corrected chi connectivity index (χ0v) is 16.5. The fourth-order valence-electron chi connectivity index (χ4n) is 2.53. The zero-order chi connectivity index (χ0) is 19.7. The number of hydrogen-bond donors (Lipinski definition) is 3. The molecule has 3 N–H and O–H groups in total. The average Bonchev–Trinajstić information content (AvgIpc) is 2.57. The van der Waals surface area contributed by atoms with Crippen LogP contribution in [0.3, 0.4) is 0 Å². The van der Waals surface area contributed by atoms with Gasteiger partial charge in [-0.25, -0.2) is 9.59 Å². The van der Waals surface area contributed by atoms with E-state index in [1.165, 1.54) is 0 Å². The molecule has 1 fully saturated rings. The molecule has 0 unspecified atom stereocenters. The number of carboxylic acids is 2. The van der Waals surface area contributed by atoms with Crippen LogP contribution < -0.4 is 5.32 Å². The van der Waals surface area contributed by atoms with Crippen LogP contribution in [0.1, 0.15) is 33.1 Å². The van der Waals surface area contributed by atoms with E-state index in [2.05, 4.69) is 47.2 Å². The molecule has 0 aliphatic carbocycles. The molecule has 1 saturated heterocycles. The van der Waals surface area contributed by atoms with Crippen molar-refractivity contribution < 1.29 is 24.6 Å². The van der Waals surface area contributed by atoms with E-state index in [0.29, 0.717) is 24.3 Å². The van der Waals surface area contributed by atoms with Crippen LogP contribution in [-0.4, -0.2) is 52.1 Å². The van der Waals surface area contributed by atoms with Crippen molar-refractivity contribution in [2.75, 3.05) is 18.4 Å². The number of halogens is 1. The molecule has 1 amide bonds. The molecule has 1 heterocycles. The minimum atomic E-state index is -1.82. The highest BCUT2D eigenvalue weighted by Crippen LogP contribution is 2.19. The number of likely N-dealkylation sites (tertiary alicyclic amines) is 1. The van der Waals surface area contributed by atoms with E-state index >= 15 is 0 Å². The van der Waals surface area contributed by atoms with Gasteiger partial charge in [-0.15, -0.1) is 0 Å². The number of anilines is 1. The number of piperidine rings is 1. The van der Waals surface area contributed by atoms with Crippen LogP contribution in [0, 0.1) is 5.92 Å². The lowest BCUT2D eigenvalue weighted by atomic mass is 10.0. The summed E-state index contributed by atoms with van der Waals surface area (Å²) in [6, 6.07) is 8.73. The Labute approximate surface area is 161 Å². The SMILES string of the molecule is CC(C)CC(=O)N1CCC(Nc2ccc(Br)cc2)CC1.O=C(O)C(=O)O. The Morgan fingerprint density at radius 3 is 2.04 bits per heavy atom. The maximum atomic E-state index is 12.0. The third kappa shape index (κ3) is 8.33. The summed E-state index contributed by atoms with van der Waals surface area (Å²) in [4.78, 5) is 32.2. The molecule has 0 spiro atoms. The van der Waals surface area contributed by atoms with Crippen molar-refractivity contribution >= 4 is 39.5 Å². The maximum absolute atomic E-state index is 12.0. The standard InChI is InChI=1S/C16H23BrN2O.C2H2O4/c1-12(2)11-16(20)19-9-7-15(8-10-19)18-14-5-3-13(17)4-6-14;3-1(4)2(5)6/h3-6,12,15,18H,7-11H2,1-2H3;(H,3,4)(H,5,6). The first-order chi connectivity index (χ1) is 12.2. The predicted octanol–water partition coefficient (Wildman–Crippen LogP) is 3.05. The largest absolute Gasteiger partial charge is 0.473 e. The Morgan fingerprint density at radius 2 is 1.62 bits per heavy atom. The van der Waals surface area contributed by atoms with Gasteiger partial charge in [0.25, 0.3) is 0 Å². The summed E-state index contributed by atoms with van der Waals surface area (Å²) < 4.78 is 1.09. The molecule has 0 saturated carbocycles. The molecule has 0 bridgehead atoms. The van der Waals surface area contributed by atoms with Gasteiger partial charge in [0.2, 0.25) is 5.91 Å². The summed E-state index contributed by atoms with van der Waals surface area (Å²) in [5.74, 6) is -2.90. The van der Waals surface area contributed by atoms with E-state index in [0.717, 1.165) is 36.1 Å². The number of nitrogens with zero attached hydrogens (tertiary/aromatic N) is 1. The number of carbonyl (C=O) groups is 3. The second-order valence-corrected chi connectivity index (χ2v) is 7.43. The van der Waals surface area contributed by atoms with Gasteiger partial charge in [-0.2, -0.15) is 0 Å². The van der Waals surface area contributed by atoms with Gasteiger partial charge < -0.3 is 20.4 Å². The highest BCUT2D eigenvalue weighted by Gasteiger charge is 2.22. The lowest BCUT2D eigenvalue weighted by molar-refractivity contribution is -0.159. The summed E-state index contributed by atoms with van der Waals surface area (Å²) in [7, 11) is 0. The van der Waals surface area contributed by atoms with Gasteiger partial charge in [0.15, 0.2) is 0 Å². The molecule has 26 heavy (non-hydrogen) atoms. The fraction of sp³-hybridized carbons (Fsp3) is 0.500. The number of nitrogens with one attached hydrogen (secondary N) is 1. The Bertz CT molecular complexity index is 599. The monoisotopic (exact) mass is 428 g/mol. The molecular weight excluding hydrogens is 404 g/mol. The summed E-state index contributed by atoms with van der Waals surface area (Å²) >= 11 is 3.44. The molecule has 0 aromatic heterocycles. The molecule has 0 radical (unpaired) electrons. The molecule has 1 aliphatic heterocycles. The van der Waals surface area contributed by atoms with Crippen LogP contribution in [0.5, 0.6) is 0 Å². The lowest BCUT2D eigenvalue weighted by Crippen LogP contribution is -2.42. The van der Waals surface area contributed by atoms with Gasteiger partial charge >= 0.3 is 11.9 Å². The van der Waals surface area contributed by atoms with Crippen LogP contribution in [0.4, 0.5) is 5.69 Å². The van der Waals surface area contributed by atoms with Crippen molar-refractivity contribution in [2.24, 2.45) is 5.92 Å². The van der Waals surface area contributed by atoms with Crippen LogP contribution in [0.25, 0.3) is 0 Å². The molecule has 1 aromatic rings. The van der Waals surface area contributed by atoms with E-state index in [-0.39, 0.29) is 0 Å². The first-order valence-corrected chi connectivity index (χ1v) is 9.24. The second-order valence-electron chi connectivity index (χ2n) is 6.51. The smallest absolute Gasteiger partial charge is 0.414 e. The normalized spacial score (nSPS) is 14.4. The molecule has 1 aromatic carbocycles. The number of hydrogen-bond acceptors (Lipinski definition) is 4. The molecule has 0 atom stereocenters. The van der Waals surface area contributed by atoms with E-state index < -0.39 is 11.9 Å². The number of aliphatic carboxylic acids is 2. The summed E-state index contributed by atoms with van der Waals surface area (Å²) in [5.41, 5.74) is 1.15. The van der Waals surface area contributed by atoms with E-state index in [4.69, 9.17) is 19.8 Å². The lowest BCUT2D eigenvalue weighted by Gasteiger charge is -2.33. The van der Waals surface area contributed by atoms with Crippen LogP contribution in [0.15, 0.2) is 28.7 Å². The first-order valence-electron chi connectivity index (χ1n) is 8.45.